The van der Waals surface area contributed by atoms with Crippen LogP contribution in [0, 0.1) is 6.92 Å². The zero-order chi connectivity index (χ0) is 14.1. The quantitative estimate of drug-likeness (QED) is 0.851. The van der Waals surface area contributed by atoms with Crippen molar-refractivity contribution in [1.29, 1.82) is 0 Å². The van der Waals surface area contributed by atoms with E-state index >= 15 is 0 Å². The minimum absolute atomic E-state index is 0.681. The number of nitrogen functional groups attached to an aromatic ring is 1. The van der Waals surface area contributed by atoms with Crippen molar-refractivity contribution in [2.75, 3.05) is 12.8 Å². The van der Waals surface area contributed by atoms with Gasteiger partial charge in [-0.05, 0) is 50.3 Å². The van der Waals surface area contributed by atoms with E-state index in [1.165, 1.54) is 24.1 Å². The summed E-state index contributed by atoms with van der Waals surface area (Å²) in [5.41, 5.74) is 11.0. The van der Waals surface area contributed by atoms with E-state index < -0.39 is 0 Å². The molecule has 1 aliphatic carbocycles. The number of nitrogens with two attached hydrogens (primary N) is 1. The van der Waals surface area contributed by atoms with Crippen molar-refractivity contribution in [3.63, 3.8) is 0 Å². The van der Waals surface area contributed by atoms with Crippen LogP contribution in [-0.4, -0.2) is 17.1 Å². The van der Waals surface area contributed by atoms with Crippen LogP contribution in [0.2, 0.25) is 0 Å². The highest BCUT2D eigenvalue weighted by atomic mass is 16.5. The molecule has 0 aliphatic heterocycles. The van der Waals surface area contributed by atoms with Gasteiger partial charge >= 0.3 is 0 Å². The number of benzene rings is 1. The van der Waals surface area contributed by atoms with Crippen molar-refractivity contribution in [1.82, 2.24) is 9.97 Å². The monoisotopic (exact) mass is 269 g/mol. The molecule has 0 saturated heterocycles. The molecule has 0 fully saturated rings. The number of fused-ring (bicyclic) bond motifs is 1. The van der Waals surface area contributed by atoms with Gasteiger partial charge < -0.3 is 10.5 Å². The summed E-state index contributed by atoms with van der Waals surface area (Å²) in [4.78, 5) is 9.41. The molecule has 1 aromatic carbocycles. The average molecular weight is 269 g/mol. The fraction of sp³-hybridized carbons (Fsp3) is 0.375. The number of hydrogen-bond acceptors (Lipinski definition) is 4. The Morgan fingerprint density at radius 2 is 1.95 bits per heavy atom. The Kier molecular flexibility index (Phi) is 3.30. The van der Waals surface area contributed by atoms with Gasteiger partial charge in [0.1, 0.15) is 5.75 Å². The van der Waals surface area contributed by atoms with Crippen LogP contribution in [0.1, 0.15) is 29.8 Å². The largest absolute Gasteiger partial charge is 0.496 e. The molecule has 0 unspecified atom stereocenters. The van der Waals surface area contributed by atoms with Crippen molar-refractivity contribution >= 4 is 5.69 Å². The normalized spacial score (nSPS) is 13.9. The maximum atomic E-state index is 5.80. The molecule has 2 aromatic rings. The first-order chi connectivity index (χ1) is 9.69. The average Bonchev–Trinajstić information content (AvgIpc) is 2.47. The van der Waals surface area contributed by atoms with Crippen LogP contribution in [0.4, 0.5) is 5.69 Å². The molecule has 0 spiro atoms. The third-order valence-corrected chi connectivity index (χ3v) is 3.86. The Hall–Kier alpha value is -2.10. The SMILES string of the molecule is COc1cc(N)ccc1-c1nc(C)c2c(n1)CCCC2. The molecule has 20 heavy (non-hydrogen) atoms. The van der Waals surface area contributed by atoms with Crippen LogP contribution in [0.15, 0.2) is 18.2 Å². The summed E-state index contributed by atoms with van der Waals surface area (Å²) in [7, 11) is 1.64. The molecule has 104 valence electrons. The van der Waals surface area contributed by atoms with Crippen molar-refractivity contribution in [2.45, 2.75) is 32.6 Å². The number of rotatable bonds is 2. The molecule has 1 aliphatic rings. The lowest BCUT2D eigenvalue weighted by atomic mass is 9.95. The second-order valence-electron chi connectivity index (χ2n) is 5.22. The minimum Gasteiger partial charge on any atom is -0.496 e. The van der Waals surface area contributed by atoms with E-state index in [4.69, 9.17) is 15.5 Å². The molecule has 3 rings (SSSR count). The Labute approximate surface area is 119 Å². The smallest absolute Gasteiger partial charge is 0.163 e. The second kappa shape index (κ2) is 5.12. The molecule has 2 N–H and O–H groups in total. The standard InChI is InChI=1S/C16H19N3O/c1-10-12-5-3-4-6-14(12)19-16(18-10)13-8-7-11(17)9-15(13)20-2/h7-9H,3-6,17H2,1-2H3. The third-order valence-electron chi connectivity index (χ3n) is 3.86. The number of methoxy groups -OCH3 is 1. The zero-order valence-corrected chi connectivity index (χ0v) is 11.9. The van der Waals surface area contributed by atoms with E-state index in [1.54, 1.807) is 7.11 Å². The zero-order valence-electron chi connectivity index (χ0n) is 11.9. The van der Waals surface area contributed by atoms with Gasteiger partial charge in [0.2, 0.25) is 0 Å². The Morgan fingerprint density at radius 1 is 1.15 bits per heavy atom. The lowest BCUT2D eigenvalue weighted by Gasteiger charge is -2.18. The molecule has 4 nitrogen and oxygen atoms in total. The van der Waals surface area contributed by atoms with E-state index in [-0.39, 0.29) is 0 Å². The molecular formula is C16H19N3O. The number of aryl methyl sites for hydroxylation is 2. The van der Waals surface area contributed by atoms with Gasteiger partial charge in [0, 0.05) is 23.1 Å². The molecule has 1 aromatic heterocycles. The lowest BCUT2D eigenvalue weighted by molar-refractivity contribution is 0.416. The van der Waals surface area contributed by atoms with Gasteiger partial charge in [-0.25, -0.2) is 9.97 Å². The molecule has 1 heterocycles. The van der Waals surface area contributed by atoms with Gasteiger partial charge in [-0.3, -0.25) is 0 Å². The Morgan fingerprint density at radius 3 is 2.75 bits per heavy atom. The van der Waals surface area contributed by atoms with Crippen LogP contribution < -0.4 is 10.5 Å². The summed E-state index contributed by atoms with van der Waals surface area (Å²) in [6.07, 6.45) is 4.59. The number of aromatic nitrogens is 2. The summed E-state index contributed by atoms with van der Waals surface area (Å²) in [6.45, 7) is 2.07. The molecular weight excluding hydrogens is 250 g/mol. The van der Waals surface area contributed by atoms with E-state index in [9.17, 15) is 0 Å². The van der Waals surface area contributed by atoms with Gasteiger partial charge in [0.25, 0.3) is 0 Å². The van der Waals surface area contributed by atoms with E-state index in [1.807, 2.05) is 18.2 Å². The third kappa shape index (κ3) is 2.22. The Balaban J connectivity index is 2.13. The first kappa shape index (κ1) is 12.9. The molecule has 0 radical (unpaired) electrons. The van der Waals surface area contributed by atoms with Crippen LogP contribution >= 0.6 is 0 Å². The van der Waals surface area contributed by atoms with E-state index in [0.29, 0.717) is 5.69 Å². The number of nitrogens with zero attached hydrogens (tertiary/aromatic N) is 2. The van der Waals surface area contributed by atoms with Crippen molar-refractivity contribution in [2.24, 2.45) is 0 Å². The molecule has 0 bridgehead atoms. The van der Waals surface area contributed by atoms with Crippen LogP contribution in [0.3, 0.4) is 0 Å². The first-order valence-electron chi connectivity index (χ1n) is 6.99. The Bertz CT molecular complexity index is 652. The van der Waals surface area contributed by atoms with Gasteiger partial charge in [0.05, 0.1) is 12.7 Å². The highest BCUT2D eigenvalue weighted by molar-refractivity contribution is 5.68. The predicted octanol–water partition coefficient (Wildman–Crippen LogP) is 2.92. The molecule has 4 heteroatoms. The first-order valence-corrected chi connectivity index (χ1v) is 6.99. The summed E-state index contributed by atoms with van der Waals surface area (Å²) < 4.78 is 5.40. The summed E-state index contributed by atoms with van der Waals surface area (Å²) in [5, 5.41) is 0. The van der Waals surface area contributed by atoms with Gasteiger partial charge in [-0.2, -0.15) is 0 Å². The van der Waals surface area contributed by atoms with Crippen LogP contribution in [0.5, 0.6) is 5.75 Å². The van der Waals surface area contributed by atoms with Crippen molar-refractivity contribution in [3.8, 4) is 17.1 Å². The molecule has 0 amide bonds. The maximum Gasteiger partial charge on any atom is 0.163 e. The summed E-state index contributed by atoms with van der Waals surface area (Å²) in [5.74, 6) is 1.46. The minimum atomic E-state index is 0.681. The van der Waals surface area contributed by atoms with E-state index in [0.717, 1.165) is 35.7 Å². The maximum absolute atomic E-state index is 5.80. The summed E-state index contributed by atoms with van der Waals surface area (Å²) in [6, 6.07) is 5.60. The highest BCUT2D eigenvalue weighted by Gasteiger charge is 2.17. The number of anilines is 1. The number of ether oxygens (including phenoxy) is 1. The van der Waals surface area contributed by atoms with E-state index in [2.05, 4.69) is 11.9 Å². The van der Waals surface area contributed by atoms with Crippen LogP contribution in [-0.2, 0) is 12.8 Å². The fourth-order valence-electron chi connectivity index (χ4n) is 2.79. The lowest BCUT2D eigenvalue weighted by Crippen LogP contribution is -2.10. The number of hydrogen-bond donors (Lipinski definition) is 1. The van der Waals surface area contributed by atoms with Crippen molar-refractivity contribution in [3.05, 3.63) is 35.2 Å². The highest BCUT2D eigenvalue weighted by Crippen LogP contribution is 2.31. The van der Waals surface area contributed by atoms with Gasteiger partial charge in [-0.15, -0.1) is 0 Å². The topological polar surface area (TPSA) is 61.0 Å². The molecule has 0 atom stereocenters. The fourth-order valence-corrected chi connectivity index (χ4v) is 2.79. The van der Waals surface area contributed by atoms with Gasteiger partial charge in [-0.1, -0.05) is 0 Å². The molecule has 0 saturated carbocycles. The van der Waals surface area contributed by atoms with Gasteiger partial charge in [0.15, 0.2) is 5.82 Å². The predicted molar refractivity (Wildman–Crippen MR) is 79.8 cm³/mol. The summed E-state index contributed by atoms with van der Waals surface area (Å²) >= 11 is 0. The van der Waals surface area contributed by atoms with Crippen LogP contribution in [0.25, 0.3) is 11.4 Å². The second-order valence-corrected chi connectivity index (χ2v) is 5.22. The van der Waals surface area contributed by atoms with Crippen molar-refractivity contribution < 1.29 is 4.74 Å².